The van der Waals surface area contributed by atoms with E-state index in [2.05, 4.69) is 15.2 Å². The predicted molar refractivity (Wildman–Crippen MR) is 97.0 cm³/mol. The number of nitrogens with zero attached hydrogens (tertiary/aromatic N) is 1. The molecule has 0 aliphatic carbocycles. The lowest BCUT2D eigenvalue weighted by Crippen LogP contribution is -2.29. The highest BCUT2D eigenvalue weighted by Crippen LogP contribution is 2.30. The van der Waals surface area contributed by atoms with E-state index in [4.69, 9.17) is 0 Å². The van der Waals surface area contributed by atoms with Gasteiger partial charge < -0.3 is 15.2 Å². The molecule has 1 aliphatic rings. The van der Waals surface area contributed by atoms with Gasteiger partial charge in [-0.15, -0.1) is 0 Å². The van der Waals surface area contributed by atoms with E-state index in [0.717, 1.165) is 30.5 Å². The summed E-state index contributed by atoms with van der Waals surface area (Å²) in [5.41, 5.74) is 2.91. The van der Waals surface area contributed by atoms with Gasteiger partial charge in [0.1, 0.15) is 0 Å². The molecule has 5 nitrogen and oxygen atoms in total. The van der Waals surface area contributed by atoms with Crippen molar-refractivity contribution in [2.24, 2.45) is 0 Å². The molecule has 0 saturated carbocycles. The van der Waals surface area contributed by atoms with Crippen LogP contribution >= 0.6 is 0 Å². The number of amides is 1. The van der Waals surface area contributed by atoms with Gasteiger partial charge in [-0.1, -0.05) is 27.7 Å². The van der Waals surface area contributed by atoms with Crippen LogP contribution in [-0.2, 0) is 0 Å². The number of aromatic nitrogens is 1. The molecule has 1 aromatic rings. The van der Waals surface area contributed by atoms with E-state index in [9.17, 15) is 9.59 Å². The average Bonchev–Trinajstić information content (AvgIpc) is 3.18. The van der Waals surface area contributed by atoms with Gasteiger partial charge in [-0.2, -0.15) is 0 Å². The van der Waals surface area contributed by atoms with Gasteiger partial charge in [-0.05, 0) is 56.3 Å². The van der Waals surface area contributed by atoms with Crippen molar-refractivity contribution in [1.82, 2.24) is 15.2 Å². The average molecular weight is 333 g/mol. The summed E-state index contributed by atoms with van der Waals surface area (Å²) in [5.74, 6) is 0.231. The van der Waals surface area contributed by atoms with Crippen LogP contribution < -0.4 is 5.32 Å². The highest BCUT2D eigenvalue weighted by Gasteiger charge is 2.25. The van der Waals surface area contributed by atoms with E-state index in [1.165, 1.54) is 25.9 Å². The van der Waals surface area contributed by atoms with E-state index in [-0.39, 0.29) is 17.7 Å². The zero-order valence-corrected chi connectivity index (χ0v) is 15.4. The second-order valence-electron chi connectivity index (χ2n) is 7.33. The SMILES string of the molecule is CC(C)c1[nH]c(C=O)c(C(C)C)c1C(=O)NCCCN1CCCC1. The van der Waals surface area contributed by atoms with Crippen molar-refractivity contribution >= 4 is 12.2 Å². The molecular weight excluding hydrogens is 302 g/mol. The highest BCUT2D eigenvalue weighted by atomic mass is 16.1. The van der Waals surface area contributed by atoms with Gasteiger partial charge in [-0.3, -0.25) is 9.59 Å². The maximum atomic E-state index is 12.8. The summed E-state index contributed by atoms with van der Waals surface area (Å²) < 4.78 is 0. The third-order valence-electron chi connectivity index (χ3n) is 4.73. The topological polar surface area (TPSA) is 65.2 Å². The van der Waals surface area contributed by atoms with Crippen molar-refractivity contribution in [3.8, 4) is 0 Å². The molecule has 1 saturated heterocycles. The van der Waals surface area contributed by atoms with Crippen molar-refractivity contribution in [3.05, 3.63) is 22.5 Å². The molecule has 0 aromatic carbocycles. The molecule has 0 radical (unpaired) electrons. The first-order chi connectivity index (χ1) is 11.5. The number of H-pyrrole nitrogens is 1. The Kier molecular flexibility index (Phi) is 6.60. The fourth-order valence-corrected chi connectivity index (χ4v) is 3.52. The number of carbonyl (C=O) groups excluding carboxylic acids is 2. The number of rotatable bonds is 8. The summed E-state index contributed by atoms with van der Waals surface area (Å²) in [4.78, 5) is 29.8. The summed E-state index contributed by atoms with van der Waals surface area (Å²) in [6, 6.07) is 0. The highest BCUT2D eigenvalue weighted by molar-refractivity contribution is 5.99. The van der Waals surface area contributed by atoms with E-state index in [1.807, 2.05) is 27.7 Å². The van der Waals surface area contributed by atoms with Gasteiger partial charge in [-0.25, -0.2) is 0 Å². The first-order valence-electron chi connectivity index (χ1n) is 9.17. The summed E-state index contributed by atoms with van der Waals surface area (Å²) in [7, 11) is 0. The Morgan fingerprint density at radius 2 is 1.88 bits per heavy atom. The summed E-state index contributed by atoms with van der Waals surface area (Å²) in [6.45, 7) is 12.2. The second kappa shape index (κ2) is 8.47. The monoisotopic (exact) mass is 333 g/mol. The molecule has 2 rings (SSSR count). The third kappa shape index (κ3) is 4.26. The van der Waals surface area contributed by atoms with Crippen LogP contribution in [0, 0.1) is 0 Å². The Morgan fingerprint density at radius 1 is 1.21 bits per heavy atom. The van der Waals surface area contributed by atoms with Crippen molar-refractivity contribution in [3.63, 3.8) is 0 Å². The molecule has 1 fully saturated rings. The van der Waals surface area contributed by atoms with Gasteiger partial charge in [0.15, 0.2) is 6.29 Å². The van der Waals surface area contributed by atoms with Crippen molar-refractivity contribution in [1.29, 1.82) is 0 Å². The molecule has 1 aliphatic heterocycles. The minimum absolute atomic E-state index is 0.0619. The van der Waals surface area contributed by atoms with Crippen molar-refractivity contribution in [2.75, 3.05) is 26.2 Å². The molecule has 0 atom stereocenters. The number of carbonyl (C=O) groups is 2. The van der Waals surface area contributed by atoms with Crippen molar-refractivity contribution in [2.45, 2.75) is 58.8 Å². The normalized spacial score (nSPS) is 15.4. The summed E-state index contributed by atoms with van der Waals surface area (Å²) in [5, 5.41) is 3.05. The number of likely N-dealkylation sites (tertiary alicyclic amines) is 1. The first-order valence-corrected chi connectivity index (χ1v) is 9.17. The number of hydrogen-bond donors (Lipinski definition) is 2. The minimum Gasteiger partial charge on any atom is -0.355 e. The molecule has 1 aromatic heterocycles. The fourth-order valence-electron chi connectivity index (χ4n) is 3.52. The van der Waals surface area contributed by atoms with Gasteiger partial charge >= 0.3 is 0 Å². The smallest absolute Gasteiger partial charge is 0.253 e. The third-order valence-corrected chi connectivity index (χ3v) is 4.73. The number of nitrogens with one attached hydrogen (secondary N) is 2. The van der Waals surface area contributed by atoms with Crippen LogP contribution in [0.15, 0.2) is 0 Å². The van der Waals surface area contributed by atoms with Gasteiger partial charge in [0.2, 0.25) is 0 Å². The Bertz CT molecular complexity index is 569. The standard InChI is InChI=1S/C19H31N3O2/c1-13(2)16-15(12-23)21-18(14(3)4)17(16)19(24)20-8-7-11-22-9-5-6-10-22/h12-14,21H,5-11H2,1-4H3,(H,20,24). The Labute approximate surface area is 145 Å². The van der Waals surface area contributed by atoms with Crippen LogP contribution in [0.3, 0.4) is 0 Å². The molecule has 0 unspecified atom stereocenters. The van der Waals surface area contributed by atoms with Crippen LogP contribution in [0.4, 0.5) is 0 Å². The molecular formula is C19H31N3O2. The molecule has 5 heteroatoms. The van der Waals surface area contributed by atoms with E-state index in [1.54, 1.807) is 0 Å². The zero-order chi connectivity index (χ0) is 17.7. The summed E-state index contributed by atoms with van der Waals surface area (Å²) >= 11 is 0. The van der Waals surface area contributed by atoms with Gasteiger partial charge in [0.25, 0.3) is 5.91 Å². The lowest BCUT2D eigenvalue weighted by atomic mass is 9.94. The minimum atomic E-state index is -0.0619. The van der Waals surface area contributed by atoms with E-state index >= 15 is 0 Å². The zero-order valence-electron chi connectivity index (χ0n) is 15.4. The molecule has 0 spiro atoms. The van der Waals surface area contributed by atoms with Crippen LogP contribution in [0.25, 0.3) is 0 Å². The molecule has 24 heavy (non-hydrogen) atoms. The Balaban J connectivity index is 2.06. The maximum absolute atomic E-state index is 12.8. The van der Waals surface area contributed by atoms with Crippen molar-refractivity contribution < 1.29 is 9.59 Å². The van der Waals surface area contributed by atoms with Crippen LogP contribution in [0.5, 0.6) is 0 Å². The van der Waals surface area contributed by atoms with Crippen LogP contribution in [-0.4, -0.2) is 48.3 Å². The number of aldehydes is 1. The Morgan fingerprint density at radius 3 is 2.42 bits per heavy atom. The lowest BCUT2D eigenvalue weighted by molar-refractivity contribution is 0.0949. The van der Waals surface area contributed by atoms with Crippen LogP contribution in [0.2, 0.25) is 0 Å². The molecule has 2 N–H and O–H groups in total. The molecule has 0 bridgehead atoms. The van der Waals surface area contributed by atoms with Crippen LogP contribution in [0.1, 0.15) is 90.9 Å². The maximum Gasteiger partial charge on any atom is 0.253 e. The van der Waals surface area contributed by atoms with Gasteiger partial charge in [0.05, 0.1) is 11.3 Å². The Hall–Kier alpha value is -1.62. The number of hydrogen-bond acceptors (Lipinski definition) is 3. The number of aromatic amines is 1. The lowest BCUT2D eigenvalue weighted by Gasteiger charge is -2.15. The summed E-state index contributed by atoms with van der Waals surface area (Å²) in [6.07, 6.45) is 4.37. The van der Waals surface area contributed by atoms with E-state index < -0.39 is 0 Å². The van der Waals surface area contributed by atoms with Gasteiger partial charge in [0, 0.05) is 12.2 Å². The molecule has 134 valence electrons. The quantitative estimate of drug-likeness (QED) is 0.567. The largest absolute Gasteiger partial charge is 0.355 e. The first kappa shape index (κ1) is 18.7. The predicted octanol–water partition coefficient (Wildman–Crippen LogP) is 3.29. The molecule has 2 heterocycles. The second-order valence-corrected chi connectivity index (χ2v) is 7.33. The fraction of sp³-hybridized carbons (Fsp3) is 0.684. The van der Waals surface area contributed by atoms with E-state index in [0.29, 0.717) is 17.8 Å². The molecule has 1 amide bonds.